The van der Waals surface area contributed by atoms with Crippen LogP contribution in [0.5, 0.6) is 0 Å². The summed E-state index contributed by atoms with van der Waals surface area (Å²) in [6.07, 6.45) is 1.51. The summed E-state index contributed by atoms with van der Waals surface area (Å²) in [4.78, 5) is 15.1. The van der Waals surface area contributed by atoms with Gasteiger partial charge in [-0.3, -0.25) is 4.79 Å². The van der Waals surface area contributed by atoms with Crippen molar-refractivity contribution in [2.45, 2.75) is 0 Å². The molecule has 0 saturated heterocycles. The molecule has 0 aliphatic heterocycles. The van der Waals surface area contributed by atoms with Crippen molar-refractivity contribution in [3.63, 3.8) is 0 Å². The quantitative estimate of drug-likeness (QED) is 0.789. The average molecular weight is 310 g/mol. The molecule has 3 rings (SSSR count). The third kappa shape index (κ3) is 2.10. The molecule has 0 atom stereocenters. The second kappa shape index (κ2) is 5.17. The van der Waals surface area contributed by atoms with Crippen LogP contribution in [0.15, 0.2) is 30.5 Å². The van der Waals surface area contributed by atoms with E-state index in [2.05, 4.69) is 17.1 Å². The molecule has 0 spiro atoms. The highest BCUT2D eigenvalue weighted by Gasteiger charge is 2.17. The molecule has 5 nitrogen and oxygen atoms in total. The molecule has 0 saturated carbocycles. The fourth-order valence-electron chi connectivity index (χ4n) is 2.48. The first-order valence-electron chi connectivity index (χ1n) is 6.39. The first kappa shape index (κ1) is 14.1. The van der Waals surface area contributed by atoms with Gasteiger partial charge in [0.1, 0.15) is 11.8 Å². The summed E-state index contributed by atoms with van der Waals surface area (Å²) in [5.41, 5.74) is 7.96. The van der Waals surface area contributed by atoms with E-state index in [-0.39, 0.29) is 5.69 Å². The van der Waals surface area contributed by atoms with Crippen molar-refractivity contribution in [2.24, 2.45) is 12.8 Å². The number of nitriles is 1. The summed E-state index contributed by atoms with van der Waals surface area (Å²) in [7, 11) is 1.84. The van der Waals surface area contributed by atoms with Gasteiger partial charge in [-0.15, -0.1) is 0 Å². The number of pyridine rings is 1. The number of nitrogens with zero attached hydrogens (tertiary/aromatic N) is 3. The number of carbonyl (C=O) groups excluding carboxylic acids is 1. The molecule has 0 aliphatic carbocycles. The summed E-state index contributed by atoms with van der Waals surface area (Å²) in [5, 5.41) is 10.9. The molecule has 0 fully saturated rings. The molecule has 0 aliphatic rings. The number of aromatic nitrogens is 2. The van der Waals surface area contributed by atoms with Crippen LogP contribution in [0.25, 0.3) is 22.2 Å². The van der Waals surface area contributed by atoms with Gasteiger partial charge in [-0.1, -0.05) is 11.6 Å². The van der Waals surface area contributed by atoms with Crippen LogP contribution in [-0.2, 0) is 7.05 Å². The Hall–Kier alpha value is -2.84. The number of halogens is 1. The molecule has 3 aromatic rings. The fourth-order valence-corrected chi connectivity index (χ4v) is 2.65. The molecule has 2 N–H and O–H groups in total. The molecule has 2 aromatic heterocycles. The molecule has 1 radical (unpaired) electrons. The van der Waals surface area contributed by atoms with Crippen molar-refractivity contribution in [2.75, 3.05) is 0 Å². The number of hydrogen-bond donors (Lipinski definition) is 1. The molecule has 0 bridgehead atoms. The van der Waals surface area contributed by atoms with Crippen molar-refractivity contribution >= 4 is 28.4 Å². The van der Waals surface area contributed by atoms with E-state index in [0.29, 0.717) is 21.8 Å². The van der Waals surface area contributed by atoms with Gasteiger partial charge in [0, 0.05) is 35.3 Å². The zero-order chi connectivity index (χ0) is 15.9. The Morgan fingerprint density at radius 3 is 2.86 bits per heavy atom. The summed E-state index contributed by atoms with van der Waals surface area (Å²) >= 11 is 6.03. The fraction of sp³-hybridized carbons (Fsp3) is 0.0625. The number of fused-ring (bicyclic) bond motifs is 1. The number of primary amides is 1. The van der Waals surface area contributed by atoms with Gasteiger partial charge < -0.3 is 10.3 Å². The highest BCUT2D eigenvalue weighted by Crippen LogP contribution is 2.33. The maximum atomic E-state index is 11.1. The maximum Gasteiger partial charge on any atom is 0.267 e. The highest BCUT2D eigenvalue weighted by molar-refractivity contribution is 6.31. The number of hydrogen-bond acceptors (Lipinski definition) is 3. The molecular weight excluding hydrogens is 300 g/mol. The lowest BCUT2D eigenvalue weighted by atomic mass is 10.1. The molecule has 1 aromatic carbocycles. The number of nitrogens with two attached hydrogens (primary N) is 1. The molecule has 22 heavy (non-hydrogen) atoms. The van der Waals surface area contributed by atoms with Crippen LogP contribution in [0.1, 0.15) is 16.1 Å². The minimum atomic E-state index is -0.643. The van der Waals surface area contributed by atoms with E-state index in [1.807, 2.05) is 17.7 Å². The number of rotatable bonds is 2. The monoisotopic (exact) mass is 309 g/mol. The molecular formula is C16H10ClN4O. The lowest BCUT2D eigenvalue weighted by Gasteiger charge is -2.05. The molecule has 107 valence electrons. The van der Waals surface area contributed by atoms with Crippen LogP contribution in [0.4, 0.5) is 0 Å². The van der Waals surface area contributed by atoms with Crippen molar-refractivity contribution in [1.29, 1.82) is 5.26 Å². The molecule has 0 unspecified atom stereocenters. The summed E-state index contributed by atoms with van der Waals surface area (Å²) < 4.78 is 1.87. The normalized spacial score (nSPS) is 10.6. The number of aryl methyl sites for hydroxylation is 1. The van der Waals surface area contributed by atoms with Crippen molar-refractivity contribution in [3.05, 3.63) is 52.8 Å². The van der Waals surface area contributed by atoms with E-state index in [4.69, 9.17) is 17.3 Å². The van der Waals surface area contributed by atoms with E-state index in [9.17, 15) is 10.1 Å². The molecule has 1 amide bonds. The van der Waals surface area contributed by atoms with Gasteiger partial charge in [0.2, 0.25) is 0 Å². The smallest absolute Gasteiger partial charge is 0.267 e. The van der Waals surface area contributed by atoms with Gasteiger partial charge in [-0.2, -0.15) is 5.26 Å². The lowest BCUT2D eigenvalue weighted by Crippen LogP contribution is -2.12. The van der Waals surface area contributed by atoms with Gasteiger partial charge in [-0.25, -0.2) is 4.98 Å². The summed E-state index contributed by atoms with van der Waals surface area (Å²) in [6.45, 7) is 0. The minimum Gasteiger partial charge on any atom is -0.364 e. The predicted molar refractivity (Wildman–Crippen MR) is 83.2 cm³/mol. The minimum absolute atomic E-state index is 0.0593. The van der Waals surface area contributed by atoms with Crippen LogP contribution >= 0.6 is 11.6 Å². The lowest BCUT2D eigenvalue weighted by molar-refractivity contribution is 0.0995. The maximum absolute atomic E-state index is 11.1. The van der Waals surface area contributed by atoms with Gasteiger partial charge >= 0.3 is 0 Å². The van der Waals surface area contributed by atoms with E-state index in [1.54, 1.807) is 18.2 Å². The number of carbonyl (C=O) groups is 1. The van der Waals surface area contributed by atoms with E-state index < -0.39 is 5.91 Å². The van der Waals surface area contributed by atoms with Crippen LogP contribution in [0.3, 0.4) is 0 Å². The Labute approximate surface area is 131 Å². The third-order valence-electron chi connectivity index (χ3n) is 3.48. The Morgan fingerprint density at radius 1 is 1.50 bits per heavy atom. The van der Waals surface area contributed by atoms with E-state index in [1.165, 1.54) is 6.20 Å². The summed E-state index contributed by atoms with van der Waals surface area (Å²) in [6, 6.07) is 11.9. The second-order valence-electron chi connectivity index (χ2n) is 4.77. The Morgan fingerprint density at radius 2 is 2.27 bits per heavy atom. The van der Waals surface area contributed by atoms with Crippen LogP contribution in [0.2, 0.25) is 5.02 Å². The first-order chi connectivity index (χ1) is 10.5. The van der Waals surface area contributed by atoms with E-state index >= 15 is 0 Å². The first-order valence-corrected chi connectivity index (χ1v) is 6.76. The Balaban J connectivity index is 2.28. The standard InChI is InChI=1S/C16H10ClN4O/c1-21-14-6-10(17)3-4-11(14)12(7-18)15(21)9-2-5-13(16(19)22)20-8-9/h2-4,6,8H,1H3,(H2,19,22). The second-order valence-corrected chi connectivity index (χ2v) is 5.21. The highest BCUT2D eigenvalue weighted by atomic mass is 35.5. The largest absolute Gasteiger partial charge is 0.364 e. The number of amides is 1. The van der Waals surface area contributed by atoms with Crippen molar-refractivity contribution in [3.8, 4) is 17.3 Å². The van der Waals surface area contributed by atoms with Crippen LogP contribution in [-0.4, -0.2) is 15.5 Å². The van der Waals surface area contributed by atoms with Gasteiger partial charge in [-0.05, 0) is 24.3 Å². The van der Waals surface area contributed by atoms with Crippen LogP contribution in [0, 0.1) is 17.4 Å². The van der Waals surface area contributed by atoms with Crippen molar-refractivity contribution < 1.29 is 4.79 Å². The topological polar surface area (TPSA) is 84.7 Å². The zero-order valence-electron chi connectivity index (χ0n) is 11.6. The van der Waals surface area contributed by atoms with Crippen molar-refractivity contribution in [1.82, 2.24) is 9.55 Å². The molecule has 2 heterocycles. The number of benzene rings is 1. The van der Waals surface area contributed by atoms with E-state index in [0.717, 1.165) is 10.9 Å². The van der Waals surface area contributed by atoms with Gasteiger partial charge in [0.15, 0.2) is 0 Å². The zero-order valence-corrected chi connectivity index (χ0v) is 12.3. The average Bonchev–Trinajstić information content (AvgIpc) is 2.79. The van der Waals surface area contributed by atoms with Gasteiger partial charge in [0.25, 0.3) is 5.91 Å². The SMILES string of the molecule is Cn1c(-c2c[c]c(C(N)=O)nc2)c(C#N)c2ccc(Cl)cc21. The Bertz CT molecular complexity index is 935. The molecule has 6 heteroatoms. The van der Waals surface area contributed by atoms with Gasteiger partial charge in [0.05, 0.1) is 16.8 Å². The third-order valence-corrected chi connectivity index (χ3v) is 3.71. The summed E-state index contributed by atoms with van der Waals surface area (Å²) in [5.74, 6) is -0.643. The predicted octanol–water partition coefficient (Wildman–Crippen LogP) is 2.66. The van der Waals surface area contributed by atoms with Crippen LogP contribution < -0.4 is 5.73 Å². The Kier molecular flexibility index (Phi) is 3.32.